The number of piperidine rings is 1. The van der Waals surface area contributed by atoms with Crippen LogP contribution in [0.15, 0.2) is 82.0 Å². The van der Waals surface area contributed by atoms with Crippen LogP contribution in [-0.2, 0) is 23.0 Å². The molecule has 2 heterocycles. The fourth-order valence-electron chi connectivity index (χ4n) is 5.03. The molecule has 0 aliphatic carbocycles. The summed E-state index contributed by atoms with van der Waals surface area (Å²) < 4.78 is 71.3. The normalized spacial score (nSPS) is 14.9. The van der Waals surface area contributed by atoms with Gasteiger partial charge in [0.2, 0.25) is 10.0 Å². The number of aromatic nitrogens is 1. The Morgan fingerprint density at radius 2 is 1.61 bits per heavy atom. The van der Waals surface area contributed by atoms with E-state index in [0.717, 1.165) is 36.1 Å². The van der Waals surface area contributed by atoms with E-state index in [2.05, 4.69) is 4.74 Å². The summed E-state index contributed by atoms with van der Waals surface area (Å²) in [7, 11) is -0.385. The molecule has 0 saturated carbocycles. The first-order chi connectivity index (χ1) is 21.1. The molecule has 0 spiro atoms. The van der Waals surface area contributed by atoms with Crippen molar-refractivity contribution >= 4 is 38.6 Å². The molecule has 0 N–H and O–H groups in total. The molecule has 8 nitrogen and oxygen atoms in total. The molecule has 1 aliphatic rings. The van der Waals surface area contributed by atoms with Gasteiger partial charge in [-0.25, -0.2) is 13.4 Å². The SMILES string of the molecule is COc1ccc(CCn2c(-c3ccc(S(=O)(=O)N4CCCCC4)cc3)csc2=Nc2ccc(OC(F)(F)Cl)cc2)cc1OC. The highest BCUT2D eigenvalue weighted by molar-refractivity contribution is 7.89. The topological polar surface area (TPSA) is 82.4 Å². The van der Waals surface area contributed by atoms with Crippen molar-refractivity contribution in [1.82, 2.24) is 8.87 Å². The summed E-state index contributed by atoms with van der Waals surface area (Å²) in [5, 5.41) is 1.97. The minimum atomic E-state index is -3.81. The predicted octanol–water partition coefficient (Wildman–Crippen LogP) is 7.05. The van der Waals surface area contributed by atoms with Gasteiger partial charge in [0.1, 0.15) is 5.75 Å². The summed E-state index contributed by atoms with van der Waals surface area (Å²) in [6.07, 6.45) is 3.42. The van der Waals surface area contributed by atoms with Crippen molar-refractivity contribution in [3.63, 3.8) is 0 Å². The number of nitrogens with zero attached hydrogens (tertiary/aromatic N) is 3. The molecule has 5 rings (SSSR count). The Morgan fingerprint density at radius 1 is 0.932 bits per heavy atom. The number of methoxy groups -OCH3 is 2. The van der Waals surface area contributed by atoms with Crippen molar-refractivity contribution in [2.45, 2.75) is 42.7 Å². The molecule has 0 atom stereocenters. The summed E-state index contributed by atoms with van der Waals surface area (Å²) >= 11 is 6.30. The van der Waals surface area contributed by atoms with Gasteiger partial charge < -0.3 is 18.8 Å². The maximum absolute atomic E-state index is 13.2. The zero-order chi connectivity index (χ0) is 31.3. The molecule has 13 heteroatoms. The number of hydrogen-bond donors (Lipinski definition) is 0. The fraction of sp³-hybridized carbons (Fsp3) is 0.323. The Hall–Kier alpha value is -3.45. The van der Waals surface area contributed by atoms with Crippen LogP contribution in [0.1, 0.15) is 24.8 Å². The molecule has 0 unspecified atom stereocenters. The first-order valence-corrected chi connectivity index (χ1v) is 16.7. The monoisotopic (exact) mass is 663 g/mol. The van der Waals surface area contributed by atoms with E-state index in [1.807, 2.05) is 40.3 Å². The Kier molecular flexibility index (Phi) is 9.94. The molecule has 44 heavy (non-hydrogen) atoms. The first kappa shape index (κ1) is 32.0. The standard InChI is InChI=1S/C31H32ClF2N3O5S2/c1-40-28-15-6-22(20-29(28)41-2)16-19-37-27(21-43-30(37)35-24-9-11-25(12-10-24)42-31(32,33)34)23-7-13-26(14-8-23)44(38,39)36-17-4-3-5-18-36/h6-15,20-21H,3-5,16-19H2,1-2H3. The second-order valence-electron chi connectivity index (χ2n) is 10.1. The van der Waals surface area contributed by atoms with E-state index in [1.165, 1.54) is 23.5 Å². The van der Waals surface area contributed by atoms with Gasteiger partial charge in [-0.1, -0.05) is 24.6 Å². The molecule has 1 fully saturated rings. The lowest BCUT2D eigenvalue weighted by atomic mass is 10.1. The first-order valence-electron chi connectivity index (χ1n) is 14.0. The van der Waals surface area contributed by atoms with Crippen molar-refractivity contribution in [2.75, 3.05) is 27.3 Å². The van der Waals surface area contributed by atoms with Crippen molar-refractivity contribution in [3.8, 4) is 28.5 Å². The van der Waals surface area contributed by atoms with Crippen LogP contribution < -0.4 is 19.0 Å². The highest BCUT2D eigenvalue weighted by Crippen LogP contribution is 2.30. The molecule has 1 aromatic heterocycles. The smallest absolute Gasteiger partial charge is 0.487 e. The summed E-state index contributed by atoms with van der Waals surface area (Å²) in [6, 6.07) is 18.6. The Balaban J connectivity index is 1.48. The van der Waals surface area contributed by atoms with Crippen LogP contribution in [0.3, 0.4) is 0 Å². The molecule has 1 saturated heterocycles. The molecule has 3 aromatic carbocycles. The second kappa shape index (κ2) is 13.7. The van der Waals surface area contributed by atoms with Gasteiger partial charge in [0.05, 0.1) is 30.5 Å². The number of alkyl halides is 3. The zero-order valence-corrected chi connectivity index (χ0v) is 26.6. The largest absolute Gasteiger partial charge is 0.493 e. The lowest BCUT2D eigenvalue weighted by Gasteiger charge is -2.25. The minimum Gasteiger partial charge on any atom is -0.493 e. The molecule has 4 aromatic rings. The number of rotatable bonds is 11. The quantitative estimate of drug-likeness (QED) is 0.161. The van der Waals surface area contributed by atoms with Crippen LogP contribution in [0, 0.1) is 0 Å². The summed E-state index contributed by atoms with van der Waals surface area (Å²) in [4.78, 5) is 5.71. The van der Waals surface area contributed by atoms with Gasteiger partial charge in [-0.05, 0) is 78.9 Å². The third kappa shape index (κ3) is 7.60. The number of hydrogen-bond acceptors (Lipinski definition) is 7. The van der Waals surface area contributed by atoms with E-state index in [-0.39, 0.29) is 10.6 Å². The maximum Gasteiger partial charge on any atom is 0.487 e. The second-order valence-corrected chi connectivity index (χ2v) is 13.4. The lowest BCUT2D eigenvalue weighted by molar-refractivity contribution is -0.0964. The Bertz CT molecular complexity index is 1750. The van der Waals surface area contributed by atoms with Crippen molar-refractivity contribution in [3.05, 3.63) is 82.5 Å². The molecule has 0 bridgehead atoms. The number of aryl methyl sites for hydroxylation is 1. The van der Waals surface area contributed by atoms with Crippen molar-refractivity contribution in [2.24, 2.45) is 4.99 Å². The number of ether oxygens (including phenoxy) is 3. The number of sulfonamides is 1. The van der Waals surface area contributed by atoms with E-state index in [1.54, 1.807) is 42.8 Å². The lowest BCUT2D eigenvalue weighted by Crippen LogP contribution is -2.35. The Morgan fingerprint density at radius 3 is 2.25 bits per heavy atom. The van der Waals surface area contributed by atoms with Gasteiger partial charge in [0.25, 0.3) is 0 Å². The van der Waals surface area contributed by atoms with Gasteiger partial charge in [0, 0.05) is 36.6 Å². The van der Waals surface area contributed by atoms with E-state index >= 15 is 0 Å². The van der Waals surface area contributed by atoms with E-state index in [4.69, 9.17) is 26.1 Å². The van der Waals surface area contributed by atoms with Crippen LogP contribution >= 0.6 is 22.9 Å². The van der Waals surface area contributed by atoms with Crippen LogP contribution in [-0.4, -0.2) is 50.2 Å². The van der Waals surface area contributed by atoms with Gasteiger partial charge in [-0.2, -0.15) is 4.31 Å². The van der Waals surface area contributed by atoms with Gasteiger partial charge in [-0.3, -0.25) is 0 Å². The number of thiazole rings is 1. The van der Waals surface area contributed by atoms with Crippen LogP contribution in [0.4, 0.5) is 14.5 Å². The number of halogens is 3. The molecular formula is C31H32ClF2N3O5S2. The molecule has 0 amide bonds. The van der Waals surface area contributed by atoms with E-state index in [0.29, 0.717) is 48.0 Å². The van der Waals surface area contributed by atoms with Crippen LogP contribution in [0.25, 0.3) is 11.3 Å². The zero-order valence-electron chi connectivity index (χ0n) is 24.2. The summed E-state index contributed by atoms with van der Waals surface area (Å²) in [5.41, 5.74) is -0.563. The molecule has 0 radical (unpaired) electrons. The van der Waals surface area contributed by atoms with Crippen molar-refractivity contribution < 1.29 is 31.4 Å². The average Bonchev–Trinajstić information content (AvgIpc) is 3.42. The molecule has 234 valence electrons. The average molecular weight is 664 g/mol. The van der Waals surface area contributed by atoms with E-state index in [9.17, 15) is 17.2 Å². The van der Waals surface area contributed by atoms with Gasteiger partial charge in [-0.15, -0.1) is 20.1 Å². The van der Waals surface area contributed by atoms with E-state index < -0.39 is 15.6 Å². The summed E-state index contributed by atoms with van der Waals surface area (Å²) in [6.45, 7) is 1.62. The minimum absolute atomic E-state index is 0.0863. The predicted molar refractivity (Wildman–Crippen MR) is 167 cm³/mol. The highest BCUT2D eigenvalue weighted by atomic mass is 35.5. The maximum atomic E-state index is 13.2. The Labute approximate surface area is 264 Å². The number of benzene rings is 3. The third-order valence-corrected chi connectivity index (χ3v) is 10.1. The molecular weight excluding hydrogens is 632 g/mol. The third-order valence-electron chi connectivity index (χ3n) is 7.27. The van der Waals surface area contributed by atoms with Crippen molar-refractivity contribution in [1.29, 1.82) is 0 Å². The molecule has 1 aliphatic heterocycles. The van der Waals surface area contributed by atoms with Gasteiger partial charge in [0.15, 0.2) is 16.3 Å². The summed E-state index contributed by atoms with van der Waals surface area (Å²) in [5.74, 6) is 1.17. The van der Waals surface area contributed by atoms with Gasteiger partial charge >= 0.3 is 5.57 Å². The fourth-order valence-corrected chi connectivity index (χ4v) is 7.59. The highest BCUT2D eigenvalue weighted by Gasteiger charge is 2.28. The van der Waals surface area contributed by atoms with Crippen LogP contribution in [0.5, 0.6) is 17.2 Å². The van der Waals surface area contributed by atoms with Crippen LogP contribution in [0.2, 0.25) is 0 Å².